The molecule has 3 aliphatic carbocycles. The molecule has 0 N–H and O–H groups in total. The van der Waals surface area contributed by atoms with Gasteiger partial charge >= 0.3 is 24.3 Å². The molecule has 0 aromatic heterocycles. The largest absolute Gasteiger partial charge is 0.455 e. The molecule has 0 heterocycles. The van der Waals surface area contributed by atoms with Gasteiger partial charge in [0, 0.05) is 11.8 Å². The molecule has 2 aromatic carbocycles. The number of carbonyl (C=O) groups excluding carboxylic acids is 2. The number of ether oxygens (including phenoxy) is 2. The van der Waals surface area contributed by atoms with Gasteiger partial charge in [0.25, 0.3) is 0 Å². The molecule has 4 nitrogen and oxygen atoms in total. The van der Waals surface area contributed by atoms with Crippen LogP contribution in [0.25, 0.3) is 0 Å². The Labute approximate surface area is 208 Å². The molecule has 198 valence electrons. The van der Waals surface area contributed by atoms with E-state index in [0.717, 1.165) is 49.9 Å². The maximum absolute atomic E-state index is 13.1. The van der Waals surface area contributed by atoms with Crippen molar-refractivity contribution in [1.82, 2.24) is 0 Å². The Morgan fingerprint density at radius 2 is 1.05 bits per heavy atom. The van der Waals surface area contributed by atoms with Crippen molar-refractivity contribution >= 4 is 11.9 Å². The van der Waals surface area contributed by atoms with Crippen molar-refractivity contribution in [2.24, 2.45) is 23.7 Å². The van der Waals surface area contributed by atoms with Gasteiger partial charge in [-0.15, -0.1) is 0 Å². The zero-order chi connectivity index (χ0) is 26.5. The molecule has 0 spiro atoms. The van der Waals surface area contributed by atoms with Gasteiger partial charge in [-0.25, -0.2) is 9.59 Å². The van der Waals surface area contributed by atoms with Gasteiger partial charge in [0.1, 0.15) is 12.2 Å². The topological polar surface area (TPSA) is 52.6 Å². The molecule has 3 fully saturated rings. The van der Waals surface area contributed by atoms with Gasteiger partial charge in [-0.2, -0.15) is 26.3 Å². The van der Waals surface area contributed by atoms with Gasteiger partial charge in [-0.05, 0) is 67.5 Å². The average Bonchev–Trinajstić information content (AvgIpc) is 3.40. The minimum Gasteiger partial charge on any atom is -0.455 e. The Hall–Kier alpha value is -3.04. The second-order valence-corrected chi connectivity index (χ2v) is 10.1. The second-order valence-electron chi connectivity index (χ2n) is 10.1. The van der Waals surface area contributed by atoms with Crippen molar-refractivity contribution in [3.63, 3.8) is 0 Å². The van der Waals surface area contributed by atoms with Crippen molar-refractivity contribution in [1.29, 1.82) is 0 Å². The molecular formula is C27H24F6O4. The molecular weight excluding hydrogens is 502 g/mol. The number of halogens is 6. The van der Waals surface area contributed by atoms with Crippen LogP contribution in [0.4, 0.5) is 26.3 Å². The SMILES string of the molecule is O=C(OC1C2CC(C3CCCCC32)C1OC(=O)c1cccc(C(F)(F)F)c1)c1cccc(C(F)(F)F)c1. The van der Waals surface area contributed by atoms with Crippen LogP contribution in [0.2, 0.25) is 0 Å². The zero-order valence-electron chi connectivity index (χ0n) is 19.5. The van der Waals surface area contributed by atoms with Crippen LogP contribution in [0.15, 0.2) is 48.5 Å². The van der Waals surface area contributed by atoms with Crippen LogP contribution in [0.1, 0.15) is 63.9 Å². The highest BCUT2D eigenvalue weighted by atomic mass is 19.4. The van der Waals surface area contributed by atoms with Crippen molar-refractivity contribution < 1.29 is 45.4 Å². The van der Waals surface area contributed by atoms with E-state index >= 15 is 0 Å². The van der Waals surface area contributed by atoms with E-state index in [9.17, 15) is 35.9 Å². The third-order valence-corrected chi connectivity index (χ3v) is 8.02. The van der Waals surface area contributed by atoms with Gasteiger partial charge in [0.15, 0.2) is 0 Å². The number of rotatable bonds is 4. The maximum Gasteiger partial charge on any atom is 0.416 e. The molecule has 3 saturated carbocycles. The van der Waals surface area contributed by atoms with E-state index in [4.69, 9.17) is 9.47 Å². The van der Waals surface area contributed by atoms with Crippen LogP contribution in [0, 0.1) is 23.7 Å². The molecule has 6 unspecified atom stereocenters. The zero-order valence-corrected chi connectivity index (χ0v) is 19.5. The standard InChI is InChI=1S/C27H24F6O4/c28-26(29,30)16-7-3-5-14(11-16)24(34)36-22-20-13-21(19-10-2-1-9-18(19)20)23(22)37-25(35)15-6-4-8-17(12-15)27(31,32)33/h3-8,11-12,18-23H,1-2,9-10,13H2. The second kappa shape index (κ2) is 9.36. The predicted molar refractivity (Wildman–Crippen MR) is 118 cm³/mol. The maximum atomic E-state index is 13.1. The third-order valence-electron chi connectivity index (χ3n) is 8.02. The fourth-order valence-corrected chi connectivity index (χ4v) is 6.50. The smallest absolute Gasteiger partial charge is 0.416 e. The van der Waals surface area contributed by atoms with Gasteiger partial charge in [-0.3, -0.25) is 0 Å². The first kappa shape index (κ1) is 25.6. The summed E-state index contributed by atoms with van der Waals surface area (Å²) in [5.74, 6) is -1.72. The van der Waals surface area contributed by atoms with E-state index in [-0.39, 0.29) is 34.8 Å². The average molecular weight is 526 g/mol. The molecule has 3 aliphatic rings. The number of fused-ring (bicyclic) bond motifs is 5. The molecule has 0 aliphatic heterocycles. The minimum atomic E-state index is -4.64. The summed E-state index contributed by atoms with van der Waals surface area (Å²) in [6, 6.07) is 7.78. The molecule has 2 aromatic rings. The minimum absolute atomic E-state index is 0.135. The number of alkyl halides is 6. The van der Waals surface area contributed by atoms with E-state index < -0.39 is 47.6 Å². The Morgan fingerprint density at radius 3 is 1.43 bits per heavy atom. The van der Waals surface area contributed by atoms with Crippen molar-refractivity contribution in [3.8, 4) is 0 Å². The quantitative estimate of drug-likeness (QED) is 0.320. The molecule has 2 bridgehead atoms. The van der Waals surface area contributed by atoms with Gasteiger partial charge in [0.2, 0.25) is 0 Å². The Bertz CT molecular complexity index is 1100. The summed E-state index contributed by atoms with van der Waals surface area (Å²) in [7, 11) is 0. The molecule has 0 amide bonds. The molecule has 37 heavy (non-hydrogen) atoms. The summed E-state index contributed by atoms with van der Waals surface area (Å²) < 4.78 is 90.2. The van der Waals surface area contributed by atoms with Gasteiger partial charge in [0.05, 0.1) is 22.3 Å². The van der Waals surface area contributed by atoms with E-state index in [2.05, 4.69) is 0 Å². The highest BCUT2D eigenvalue weighted by Crippen LogP contribution is 2.59. The fraction of sp³-hybridized carbons (Fsp3) is 0.481. The van der Waals surface area contributed by atoms with E-state index in [0.29, 0.717) is 18.6 Å². The summed E-state index contributed by atoms with van der Waals surface area (Å²) >= 11 is 0. The lowest BCUT2D eigenvalue weighted by Gasteiger charge is -2.42. The lowest BCUT2D eigenvalue weighted by atomic mass is 9.69. The normalized spacial score (nSPS) is 29.0. The van der Waals surface area contributed by atoms with Crippen molar-refractivity contribution in [2.45, 2.75) is 56.7 Å². The molecule has 0 saturated heterocycles. The number of benzene rings is 2. The van der Waals surface area contributed by atoms with Crippen LogP contribution in [0.5, 0.6) is 0 Å². The van der Waals surface area contributed by atoms with Gasteiger partial charge < -0.3 is 9.47 Å². The first-order valence-corrected chi connectivity index (χ1v) is 12.2. The molecule has 5 rings (SSSR count). The number of esters is 2. The predicted octanol–water partition coefficient (Wildman–Crippen LogP) is 6.93. The highest BCUT2D eigenvalue weighted by Gasteiger charge is 2.61. The number of hydrogen-bond acceptors (Lipinski definition) is 4. The van der Waals surface area contributed by atoms with Gasteiger partial charge in [-0.1, -0.05) is 25.0 Å². The van der Waals surface area contributed by atoms with Crippen LogP contribution in [-0.4, -0.2) is 24.1 Å². The molecule has 0 radical (unpaired) electrons. The molecule has 6 atom stereocenters. The Kier molecular flexibility index (Phi) is 6.48. The summed E-state index contributed by atoms with van der Waals surface area (Å²) in [5.41, 5.74) is -2.54. The molecule has 10 heteroatoms. The summed E-state index contributed by atoms with van der Waals surface area (Å²) in [6.07, 6.45) is -6.59. The summed E-state index contributed by atoms with van der Waals surface area (Å²) in [6.45, 7) is 0. The van der Waals surface area contributed by atoms with Crippen LogP contribution >= 0.6 is 0 Å². The highest BCUT2D eigenvalue weighted by molar-refractivity contribution is 5.90. The monoisotopic (exact) mass is 526 g/mol. The van der Waals surface area contributed by atoms with Crippen LogP contribution in [-0.2, 0) is 21.8 Å². The van der Waals surface area contributed by atoms with Crippen LogP contribution < -0.4 is 0 Å². The van der Waals surface area contributed by atoms with Crippen molar-refractivity contribution in [2.75, 3.05) is 0 Å². The fourth-order valence-electron chi connectivity index (χ4n) is 6.50. The summed E-state index contributed by atoms with van der Waals surface area (Å²) in [5, 5.41) is 0. The van der Waals surface area contributed by atoms with Crippen LogP contribution in [0.3, 0.4) is 0 Å². The third kappa shape index (κ3) is 4.94. The summed E-state index contributed by atoms with van der Waals surface area (Å²) in [4.78, 5) is 25.8. The first-order valence-electron chi connectivity index (χ1n) is 12.2. The first-order chi connectivity index (χ1) is 17.4. The van der Waals surface area contributed by atoms with E-state index in [1.54, 1.807) is 0 Å². The van der Waals surface area contributed by atoms with E-state index in [1.807, 2.05) is 0 Å². The Morgan fingerprint density at radius 1 is 0.649 bits per heavy atom. The number of carbonyl (C=O) groups is 2. The lowest BCUT2D eigenvalue weighted by molar-refractivity contribution is -0.138. The van der Waals surface area contributed by atoms with Crippen molar-refractivity contribution in [3.05, 3.63) is 70.8 Å². The lowest BCUT2D eigenvalue weighted by Crippen LogP contribution is -2.47. The number of hydrogen-bond donors (Lipinski definition) is 0. The Balaban J connectivity index is 1.39. The van der Waals surface area contributed by atoms with E-state index in [1.165, 1.54) is 12.1 Å².